The topological polar surface area (TPSA) is 72.1 Å². The van der Waals surface area contributed by atoms with Crippen LogP contribution in [-0.2, 0) is 6.42 Å². The van der Waals surface area contributed by atoms with Crippen molar-refractivity contribution >= 4 is 23.3 Å². The average Bonchev–Trinajstić information content (AvgIpc) is 2.98. The number of hydrogen-bond donors (Lipinski definition) is 1. The van der Waals surface area contributed by atoms with Gasteiger partial charge in [-0.2, -0.15) is 0 Å². The third kappa shape index (κ3) is 3.04. The van der Waals surface area contributed by atoms with Gasteiger partial charge in [0.15, 0.2) is 11.5 Å². The highest BCUT2D eigenvalue weighted by atomic mass is 35.5. The Morgan fingerprint density at radius 1 is 1.27 bits per heavy atom. The van der Waals surface area contributed by atoms with Gasteiger partial charge in [0.1, 0.15) is 0 Å². The molecular weight excluding hydrogens is 300 g/mol. The van der Waals surface area contributed by atoms with Gasteiger partial charge in [0.2, 0.25) is 0 Å². The fourth-order valence-corrected chi connectivity index (χ4v) is 3.09. The summed E-state index contributed by atoms with van der Waals surface area (Å²) in [5, 5.41) is 8.82. The van der Waals surface area contributed by atoms with Crippen LogP contribution in [0.4, 0.5) is 5.82 Å². The second kappa shape index (κ2) is 6.32. The molecule has 1 amide bonds. The van der Waals surface area contributed by atoms with Crippen molar-refractivity contribution in [2.75, 3.05) is 11.4 Å². The minimum absolute atomic E-state index is 0.186. The highest BCUT2D eigenvalue weighted by Gasteiger charge is 2.26. The average molecular weight is 317 g/mol. The van der Waals surface area contributed by atoms with E-state index in [4.69, 9.17) is 17.3 Å². The monoisotopic (exact) mass is 316 g/mol. The molecule has 1 unspecified atom stereocenters. The minimum Gasteiger partial charge on any atom is -0.364 e. The van der Waals surface area contributed by atoms with Crippen LogP contribution < -0.4 is 10.6 Å². The first kappa shape index (κ1) is 14.8. The molecule has 2 N–H and O–H groups in total. The molecule has 2 aromatic rings. The van der Waals surface area contributed by atoms with Crippen LogP contribution >= 0.6 is 11.6 Å². The Morgan fingerprint density at radius 2 is 2.09 bits per heavy atom. The Labute approximate surface area is 134 Å². The van der Waals surface area contributed by atoms with Crippen LogP contribution in [0.1, 0.15) is 28.9 Å². The number of aromatic nitrogens is 2. The summed E-state index contributed by atoms with van der Waals surface area (Å²) in [5.41, 5.74) is 6.52. The van der Waals surface area contributed by atoms with Crippen LogP contribution in [0.2, 0.25) is 5.02 Å². The van der Waals surface area contributed by atoms with Gasteiger partial charge < -0.3 is 10.6 Å². The van der Waals surface area contributed by atoms with Gasteiger partial charge in [-0.3, -0.25) is 4.79 Å². The number of carbonyl (C=O) groups is 1. The quantitative estimate of drug-likeness (QED) is 0.940. The molecule has 1 fully saturated rings. The number of carbonyl (C=O) groups excluding carboxylic acids is 1. The van der Waals surface area contributed by atoms with Crippen molar-refractivity contribution < 1.29 is 4.79 Å². The van der Waals surface area contributed by atoms with E-state index in [9.17, 15) is 4.79 Å². The maximum Gasteiger partial charge on any atom is 0.269 e. The number of primary amides is 1. The van der Waals surface area contributed by atoms with Crippen molar-refractivity contribution in [1.82, 2.24) is 10.2 Å². The molecule has 6 heteroatoms. The van der Waals surface area contributed by atoms with Crippen molar-refractivity contribution in [3.05, 3.63) is 52.7 Å². The molecule has 1 aliphatic rings. The molecule has 2 heterocycles. The number of nitrogens with zero attached hydrogens (tertiary/aromatic N) is 3. The molecule has 1 atom stereocenters. The van der Waals surface area contributed by atoms with E-state index in [0.717, 1.165) is 42.2 Å². The summed E-state index contributed by atoms with van der Waals surface area (Å²) in [6, 6.07) is 11.7. The summed E-state index contributed by atoms with van der Waals surface area (Å²) in [6.45, 7) is 0.930. The largest absolute Gasteiger partial charge is 0.364 e. The van der Waals surface area contributed by atoms with Crippen molar-refractivity contribution in [1.29, 1.82) is 0 Å². The number of halogens is 1. The summed E-state index contributed by atoms with van der Waals surface area (Å²) >= 11 is 6.25. The number of rotatable bonds is 4. The molecule has 0 aliphatic carbocycles. The summed E-state index contributed by atoms with van der Waals surface area (Å²) in [5.74, 6) is 0.215. The number of anilines is 1. The van der Waals surface area contributed by atoms with E-state index in [1.807, 2.05) is 18.2 Å². The van der Waals surface area contributed by atoms with Crippen LogP contribution in [0, 0.1) is 0 Å². The van der Waals surface area contributed by atoms with Crippen LogP contribution in [0.25, 0.3) is 0 Å². The maximum atomic E-state index is 11.1. The lowest BCUT2D eigenvalue weighted by atomic mass is 10.0. The predicted octanol–water partition coefficient (Wildman–Crippen LogP) is 2.44. The Balaban J connectivity index is 1.78. The van der Waals surface area contributed by atoms with Gasteiger partial charge >= 0.3 is 0 Å². The zero-order chi connectivity index (χ0) is 15.5. The van der Waals surface area contributed by atoms with Gasteiger partial charge in [-0.1, -0.05) is 29.8 Å². The van der Waals surface area contributed by atoms with Crippen molar-refractivity contribution in [3.63, 3.8) is 0 Å². The van der Waals surface area contributed by atoms with Gasteiger partial charge in [-0.05, 0) is 43.0 Å². The molecule has 0 radical (unpaired) electrons. The molecule has 1 aliphatic heterocycles. The van der Waals surface area contributed by atoms with E-state index in [1.54, 1.807) is 12.1 Å². The molecule has 5 nitrogen and oxygen atoms in total. The Morgan fingerprint density at radius 3 is 2.77 bits per heavy atom. The smallest absolute Gasteiger partial charge is 0.269 e. The molecule has 0 spiro atoms. The Hall–Kier alpha value is -2.14. The molecule has 22 heavy (non-hydrogen) atoms. The van der Waals surface area contributed by atoms with Crippen LogP contribution in [0.15, 0.2) is 36.4 Å². The summed E-state index contributed by atoms with van der Waals surface area (Å²) < 4.78 is 0. The van der Waals surface area contributed by atoms with Gasteiger partial charge in [-0.15, -0.1) is 10.2 Å². The van der Waals surface area contributed by atoms with Gasteiger partial charge in [0.25, 0.3) is 5.91 Å². The fraction of sp³-hybridized carbons (Fsp3) is 0.312. The first-order chi connectivity index (χ1) is 10.6. The van der Waals surface area contributed by atoms with E-state index in [1.165, 1.54) is 0 Å². The molecule has 3 rings (SSSR count). The predicted molar refractivity (Wildman–Crippen MR) is 86.1 cm³/mol. The summed E-state index contributed by atoms with van der Waals surface area (Å²) in [4.78, 5) is 13.3. The second-order valence-corrected chi connectivity index (χ2v) is 5.83. The first-order valence-corrected chi connectivity index (χ1v) is 7.66. The highest BCUT2D eigenvalue weighted by Crippen LogP contribution is 2.28. The minimum atomic E-state index is -0.562. The molecule has 1 aromatic carbocycles. The standard InChI is InChI=1S/C16H17ClN4O/c17-13-6-2-1-4-11(13)10-12-5-3-9-21(12)15-8-7-14(16(18)22)19-20-15/h1-2,4,6-8,12H,3,5,9-10H2,(H2,18,22). The van der Waals surface area contributed by atoms with Crippen molar-refractivity contribution in [2.45, 2.75) is 25.3 Å². The van der Waals surface area contributed by atoms with Crippen molar-refractivity contribution in [2.24, 2.45) is 5.73 Å². The third-order valence-corrected chi connectivity index (χ3v) is 4.36. The summed E-state index contributed by atoms with van der Waals surface area (Å²) in [6.07, 6.45) is 3.07. The molecular formula is C16H17ClN4O. The Bertz CT molecular complexity index is 674. The number of benzene rings is 1. The molecule has 114 valence electrons. The molecule has 0 saturated carbocycles. The van der Waals surface area contributed by atoms with Crippen LogP contribution in [0.5, 0.6) is 0 Å². The maximum absolute atomic E-state index is 11.1. The molecule has 1 saturated heterocycles. The third-order valence-electron chi connectivity index (χ3n) is 3.99. The van der Waals surface area contributed by atoms with E-state index in [-0.39, 0.29) is 5.69 Å². The SMILES string of the molecule is NC(=O)c1ccc(N2CCCC2Cc2ccccc2Cl)nn1. The van der Waals surface area contributed by atoms with Gasteiger partial charge in [0, 0.05) is 17.6 Å². The highest BCUT2D eigenvalue weighted by molar-refractivity contribution is 6.31. The molecule has 0 bridgehead atoms. The lowest BCUT2D eigenvalue weighted by Crippen LogP contribution is -2.32. The normalized spacial score (nSPS) is 17.7. The van der Waals surface area contributed by atoms with Crippen molar-refractivity contribution in [3.8, 4) is 0 Å². The number of nitrogens with two attached hydrogens (primary N) is 1. The first-order valence-electron chi connectivity index (χ1n) is 7.29. The van der Waals surface area contributed by atoms with E-state index < -0.39 is 5.91 Å². The zero-order valence-corrected chi connectivity index (χ0v) is 12.8. The van der Waals surface area contributed by atoms with E-state index in [2.05, 4.69) is 21.2 Å². The van der Waals surface area contributed by atoms with Gasteiger partial charge in [-0.25, -0.2) is 0 Å². The molecule has 1 aromatic heterocycles. The van der Waals surface area contributed by atoms with Crippen LogP contribution in [-0.4, -0.2) is 28.7 Å². The van der Waals surface area contributed by atoms with Gasteiger partial charge in [0.05, 0.1) is 0 Å². The Kier molecular flexibility index (Phi) is 4.24. The summed E-state index contributed by atoms with van der Waals surface area (Å²) in [7, 11) is 0. The van der Waals surface area contributed by atoms with E-state index in [0.29, 0.717) is 6.04 Å². The fourth-order valence-electron chi connectivity index (χ4n) is 2.88. The van der Waals surface area contributed by atoms with Crippen LogP contribution in [0.3, 0.4) is 0 Å². The lowest BCUT2D eigenvalue weighted by molar-refractivity contribution is 0.0994. The second-order valence-electron chi connectivity index (χ2n) is 5.43. The lowest BCUT2D eigenvalue weighted by Gasteiger charge is -2.25. The number of hydrogen-bond acceptors (Lipinski definition) is 4. The van der Waals surface area contributed by atoms with E-state index >= 15 is 0 Å². The zero-order valence-electron chi connectivity index (χ0n) is 12.1. The number of amides is 1.